The Hall–Kier alpha value is -1.79. The zero-order valence-electron chi connectivity index (χ0n) is 12.2. The van der Waals surface area contributed by atoms with E-state index in [1.165, 1.54) is 0 Å². The fourth-order valence-electron chi connectivity index (χ4n) is 2.19. The number of rotatable bonds is 5. The summed E-state index contributed by atoms with van der Waals surface area (Å²) in [4.78, 5) is 35.6. The van der Waals surface area contributed by atoms with E-state index in [1.54, 1.807) is 25.7 Å². The maximum absolute atomic E-state index is 12.1. The van der Waals surface area contributed by atoms with Crippen LogP contribution in [-0.4, -0.2) is 46.5 Å². The van der Waals surface area contributed by atoms with Crippen molar-refractivity contribution in [3.8, 4) is 0 Å². The summed E-state index contributed by atoms with van der Waals surface area (Å²) in [5.74, 6) is -1.30. The zero-order chi connectivity index (χ0) is 15.6. The van der Waals surface area contributed by atoms with Gasteiger partial charge in [0.25, 0.3) is 0 Å². The van der Waals surface area contributed by atoms with Crippen LogP contribution in [0.5, 0.6) is 0 Å². The van der Waals surface area contributed by atoms with Crippen molar-refractivity contribution in [2.75, 3.05) is 13.1 Å². The van der Waals surface area contributed by atoms with E-state index in [0.29, 0.717) is 25.9 Å². The van der Waals surface area contributed by atoms with Crippen LogP contribution in [0, 0.1) is 5.41 Å². The number of carboxylic acids is 1. The van der Waals surface area contributed by atoms with Crippen LogP contribution >= 0.6 is 0 Å². The van der Waals surface area contributed by atoms with Gasteiger partial charge in [-0.25, -0.2) is 4.79 Å². The van der Waals surface area contributed by atoms with Crippen molar-refractivity contribution >= 4 is 17.9 Å². The number of carbonyl (C=O) groups is 3. The molecule has 0 radical (unpaired) electrons. The van der Waals surface area contributed by atoms with Crippen LogP contribution in [0.1, 0.15) is 40.0 Å². The minimum atomic E-state index is -0.894. The second kappa shape index (κ2) is 5.68. The number of aliphatic carboxylic acids is 1. The van der Waals surface area contributed by atoms with E-state index in [9.17, 15) is 14.4 Å². The molecule has 0 saturated carbocycles. The predicted molar refractivity (Wildman–Crippen MR) is 73.0 cm³/mol. The van der Waals surface area contributed by atoms with Crippen molar-refractivity contribution in [2.24, 2.45) is 11.1 Å². The van der Waals surface area contributed by atoms with Crippen LogP contribution in [0.3, 0.4) is 0 Å². The number of nitrogens with zero attached hydrogens (tertiary/aromatic N) is 1. The second-order valence-corrected chi connectivity index (χ2v) is 6.30. The lowest BCUT2D eigenvalue weighted by Crippen LogP contribution is -2.50. The molecule has 1 saturated heterocycles. The first-order valence-electron chi connectivity index (χ1n) is 6.64. The molecular formula is C13H23N3O4. The van der Waals surface area contributed by atoms with Crippen LogP contribution < -0.4 is 11.1 Å². The van der Waals surface area contributed by atoms with Gasteiger partial charge in [0.1, 0.15) is 0 Å². The molecular weight excluding hydrogens is 262 g/mol. The largest absolute Gasteiger partial charge is 0.481 e. The van der Waals surface area contributed by atoms with Gasteiger partial charge in [-0.3, -0.25) is 9.59 Å². The highest BCUT2D eigenvalue weighted by Crippen LogP contribution is 2.29. The molecule has 3 amide bonds. The molecule has 1 atom stereocenters. The average Bonchev–Trinajstić information content (AvgIpc) is 2.70. The number of nitrogens with two attached hydrogens (primary N) is 1. The Kier molecular flexibility index (Phi) is 4.62. The van der Waals surface area contributed by atoms with E-state index >= 15 is 0 Å². The molecule has 7 heteroatoms. The molecule has 7 nitrogen and oxygen atoms in total. The molecule has 0 aromatic rings. The number of amides is 3. The minimum absolute atomic E-state index is 0.00766. The number of likely N-dealkylation sites (tertiary alicyclic amines) is 1. The fourth-order valence-corrected chi connectivity index (χ4v) is 2.19. The highest BCUT2D eigenvalue weighted by atomic mass is 16.4. The number of urea groups is 1. The molecule has 1 aliphatic rings. The Labute approximate surface area is 118 Å². The Morgan fingerprint density at radius 3 is 2.45 bits per heavy atom. The van der Waals surface area contributed by atoms with Gasteiger partial charge in [0.15, 0.2) is 0 Å². The lowest BCUT2D eigenvalue weighted by molar-refractivity contribution is -0.137. The summed E-state index contributed by atoms with van der Waals surface area (Å²) < 4.78 is 0. The lowest BCUT2D eigenvalue weighted by Gasteiger charge is -2.29. The van der Waals surface area contributed by atoms with E-state index in [-0.39, 0.29) is 12.5 Å². The molecule has 4 N–H and O–H groups in total. The quantitative estimate of drug-likeness (QED) is 0.684. The third-order valence-electron chi connectivity index (χ3n) is 3.76. The summed E-state index contributed by atoms with van der Waals surface area (Å²) >= 11 is 0. The summed E-state index contributed by atoms with van der Waals surface area (Å²) in [5, 5.41) is 11.5. The van der Waals surface area contributed by atoms with Crippen molar-refractivity contribution in [3.63, 3.8) is 0 Å². The molecule has 0 aromatic carbocycles. The first-order chi connectivity index (χ1) is 9.06. The van der Waals surface area contributed by atoms with E-state index < -0.39 is 22.8 Å². The number of carbonyl (C=O) groups excluding carboxylic acids is 2. The van der Waals surface area contributed by atoms with Crippen molar-refractivity contribution in [2.45, 2.75) is 45.6 Å². The zero-order valence-corrected chi connectivity index (χ0v) is 12.2. The molecule has 1 heterocycles. The molecule has 1 fully saturated rings. The molecule has 0 aromatic heterocycles. The number of nitrogens with one attached hydrogen (secondary N) is 1. The Balaban J connectivity index is 2.56. The number of carboxylic acid groups (broad SMARTS) is 1. The fraction of sp³-hybridized carbons (Fsp3) is 0.769. The van der Waals surface area contributed by atoms with Gasteiger partial charge < -0.3 is 21.1 Å². The van der Waals surface area contributed by atoms with Crippen molar-refractivity contribution in [1.29, 1.82) is 0 Å². The third-order valence-corrected chi connectivity index (χ3v) is 3.76. The first-order valence-corrected chi connectivity index (χ1v) is 6.64. The van der Waals surface area contributed by atoms with Gasteiger partial charge in [0.2, 0.25) is 5.91 Å². The van der Waals surface area contributed by atoms with Gasteiger partial charge in [0.05, 0.1) is 5.41 Å². The number of hydrogen-bond acceptors (Lipinski definition) is 3. The Morgan fingerprint density at radius 1 is 1.40 bits per heavy atom. The lowest BCUT2D eigenvalue weighted by atomic mass is 9.89. The third kappa shape index (κ3) is 4.11. The van der Waals surface area contributed by atoms with Gasteiger partial charge in [-0.15, -0.1) is 0 Å². The molecule has 114 valence electrons. The minimum Gasteiger partial charge on any atom is -0.481 e. The summed E-state index contributed by atoms with van der Waals surface area (Å²) in [6, 6.07) is -0.287. The molecule has 1 aliphatic heterocycles. The molecule has 1 rings (SSSR count). The summed E-state index contributed by atoms with van der Waals surface area (Å²) in [7, 11) is 0. The van der Waals surface area contributed by atoms with Crippen LogP contribution in [0.2, 0.25) is 0 Å². The number of primary amides is 1. The Bertz CT molecular complexity index is 422. The van der Waals surface area contributed by atoms with E-state index in [4.69, 9.17) is 10.8 Å². The summed E-state index contributed by atoms with van der Waals surface area (Å²) in [6.45, 7) is 6.07. The molecule has 20 heavy (non-hydrogen) atoms. The first kappa shape index (κ1) is 16.3. The predicted octanol–water partition coefficient (Wildman–Crippen LogP) is 0.537. The summed E-state index contributed by atoms with van der Waals surface area (Å²) in [5.41, 5.74) is 4.05. The second-order valence-electron chi connectivity index (χ2n) is 6.30. The van der Waals surface area contributed by atoms with E-state index in [2.05, 4.69) is 5.32 Å². The van der Waals surface area contributed by atoms with Crippen LogP contribution in [0.4, 0.5) is 4.79 Å². The van der Waals surface area contributed by atoms with Crippen molar-refractivity contribution in [3.05, 3.63) is 0 Å². The highest BCUT2D eigenvalue weighted by Gasteiger charge is 2.41. The average molecular weight is 285 g/mol. The maximum atomic E-state index is 12.1. The van der Waals surface area contributed by atoms with Gasteiger partial charge in [-0.1, -0.05) is 0 Å². The van der Waals surface area contributed by atoms with Gasteiger partial charge in [-0.05, 0) is 33.6 Å². The molecule has 0 bridgehead atoms. The summed E-state index contributed by atoms with van der Waals surface area (Å²) in [6.07, 6.45) is 0.882. The van der Waals surface area contributed by atoms with Crippen LogP contribution in [-0.2, 0) is 9.59 Å². The number of hydrogen-bond donors (Lipinski definition) is 3. The molecule has 0 aliphatic carbocycles. The van der Waals surface area contributed by atoms with Crippen molar-refractivity contribution in [1.82, 2.24) is 10.2 Å². The van der Waals surface area contributed by atoms with Gasteiger partial charge >= 0.3 is 12.0 Å². The monoisotopic (exact) mass is 285 g/mol. The van der Waals surface area contributed by atoms with Crippen LogP contribution in [0.25, 0.3) is 0 Å². The maximum Gasteiger partial charge on any atom is 0.317 e. The Morgan fingerprint density at radius 2 is 2.00 bits per heavy atom. The normalized spacial score (nSPS) is 22.6. The van der Waals surface area contributed by atoms with Gasteiger partial charge in [0, 0.05) is 25.0 Å². The molecule has 1 unspecified atom stereocenters. The highest BCUT2D eigenvalue weighted by molar-refractivity contribution is 5.83. The topological polar surface area (TPSA) is 113 Å². The van der Waals surface area contributed by atoms with Crippen LogP contribution in [0.15, 0.2) is 0 Å². The standard InChI is InChI=1S/C13H23N3O4/c1-12(2,5-4-9(17)18)15-11(20)16-7-6-13(3,8-16)10(14)19/h4-8H2,1-3H3,(H2,14,19)(H,15,20)(H,17,18). The molecule has 0 spiro atoms. The smallest absolute Gasteiger partial charge is 0.317 e. The van der Waals surface area contributed by atoms with E-state index in [0.717, 1.165) is 0 Å². The van der Waals surface area contributed by atoms with Gasteiger partial charge in [-0.2, -0.15) is 0 Å². The van der Waals surface area contributed by atoms with E-state index in [1.807, 2.05) is 0 Å². The SMILES string of the molecule is CC(C)(CCC(=O)O)NC(=O)N1CCC(C)(C(N)=O)C1. The van der Waals surface area contributed by atoms with Crippen molar-refractivity contribution < 1.29 is 19.5 Å².